The van der Waals surface area contributed by atoms with Crippen LogP contribution in [0.25, 0.3) is 0 Å². The summed E-state index contributed by atoms with van der Waals surface area (Å²) in [6.45, 7) is 2.26. The van der Waals surface area contributed by atoms with E-state index < -0.39 is 5.97 Å². The Morgan fingerprint density at radius 1 is 1.57 bits per heavy atom. The lowest BCUT2D eigenvalue weighted by atomic mass is 10.1. The molecule has 76 valence electrons. The third-order valence-corrected chi connectivity index (χ3v) is 1.74. The van der Waals surface area contributed by atoms with Crippen molar-refractivity contribution in [3.05, 3.63) is 23.8 Å². The predicted molar refractivity (Wildman–Crippen MR) is 53.1 cm³/mol. The lowest BCUT2D eigenvalue weighted by molar-refractivity contribution is 0.0506. The highest BCUT2D eigenvalue weighted by Gasteiger charge is 2.12. The number of phenols is 1. The number of para-hydroxylation sites is 1. The van der Waals surface area contributed by atoms with Crippen LogP contribution in [0.1, 0.15) is 23.7 Å². The highest BCUT2D eigenvalue weighted by molar-refractivity contribution is 5.96. The van der Waals surface area contributed by atoms with Crippen LogP contribution in [0.4, 0.5) is 5.69 Å². The molecule has 1 aromatic carbocycles. The number of nitrogen functional groups attached to an aromatic ring is 1. The molecule has 0 aliphatic heterocycles. The maximum atomic E-state index is 11.4. The molecule has 0 amide bonds. The van der Waals surface area contributed by atoms with Crippen molar-refractivity contribution in [3.63, 3.8) is 0 Å². The highest BCUT2D eigenvalue weighted by Crippen LogP contribution is 2.23. The van der Waals surface area contributed by atoms with Crippen molar-refractivity contribution in [1.82, 2.24) is 0 Å². The summed E-state index contributed by atoms with van der Waals surface area (Å²) in [5, 5.41) is 9.24. The van der Waals surface area contributed by atoms with Crippen molar-refractivity contribution in [2.75, 3.05) is 12.3 Å². The molecule has 1 rings (SSSR count). The monoisotopic (exact) mass is 195 g/mol. The molecule has 0 spiro atoms. The van der Waals surface area contributed by atoms with Crippen LogP contribution in [0.3, 0.4) is 0 Å². The number of hydrogen-bond acceptors (Lipinski definition) is 4. The summed E-state index contributed by atoms with van der Waals surface area (Å²) in [6, 6.07) is 4.49. The van der Waals surface area contributed by atoms with Gasteiger partial charge < -0.3 is 15.6 Å². The minimum atomic E-state index is -0.500. The van der Waals surface area contributed by atoms with Crippen molar-refractivity contribution in [2.45, 2.75) is 13.3 Å². The van der Waals surface area contributed by atoms with Crippen LogP contribution in [0, 0.1) is 0 Å². The van der Waals surface area contributed by atoms with Gasteiger partial charge in [-0.15, -0.1) is 0 Å². The molecule has 0 saturated heterocycles. The normalized spacial score (nSPS) is 9.79. The summed E-state index contributed by atoms with van der Waals surface area (Å²) < 4.78 is 4.88. The number of esters is 1. The van der Waals surface area contributed by atoms with Gasteiger partial charge in [-0.05, 0) is 18.6 Å². The standard InChI is InChI=1S/C10H13NO3/c1-2-6-14-10(13)7-4-3-5-8(12)9(7)11/h3-5,12H,2,6,11H2,1H3. The summed E-state index contributed by atoms with van der Waals surface area (Å²) in [7, 11) is 0. The molecule has 0 aromatic heterocycles. The Morgan fingerprint density at radius 3 is 2.93 bits per heavy atom. The fourth-order valence-electron chi connectivity index (χ4n) is 1.00. The zero-order valence-electron chi connectivity index (χ0n) is 7.99. The lowest BCUT2D eigenvalue weighted by Gasteiger charge is -2.06. The van der Waals surface area contributed by atoms with Gasteiger partial charge in [0.2, 0.25) is 0 Å². The second-order valence-corrected chi connectivity index (χ2v) is 2.87. The minimum absolute atomic E-state index is 0.0635. The van der Waals surface area contributed by atoms with Crippen molar-refractivity contribution in [1.29, 1.82) is 0 Å². The lowest BCUT2D eigenvalue weighted by Crippen LogP contribution is -2.08. The molecule has 1 aromatic rings. The summed E-state index contributed by atoms with van der Waals surface area (Å²) in [4.78, 5) is 11.4. The van der Waals surface area contributed by atoms with Crippen LogP contribution in [-0.2, 0) is 4.74 Å². The number of carbonyl (C=O) groups excluding carboxylic acids is 1. The third-order valence-electron chi connectivity index (χ3n) is 1.74. The van der Waals surface area contributed by atoms with E-state index in [1.807, 2.05) is 6.92 Å². The van der Waals surface area contributed by atoms with Gasteiger partial charge in [-0.1, -0.05) is 13.0 Å². The molecule has 4 nitrogen and oxygen atoms in total. The Hall–Kier alpha value is -1.71. The molecule has 0 atom stereocenters. The topological polar surface area (TPSA) is 72.5 Å². The summed E-state index contributed by atoms with van der Waals surface area (Å²) in [5.41, 5.74) is 5.77. The first-order chi connectivity index (χ1) is 6.66. The molecule has 4 heteroatoms. The van der Waals surface area contributed by atoms with Crippen LogP contribution in [-0.4, -0.2) is 17.7 Å². The number of anilines is 1. The number of benzene rings is 1. The van der Waals surface area contributed by atoms with E-state index in [4.69, 9.17) is 10.5 Å². The van der Waals surface area contributed by atoms with E-state index in [2.05, 4.69) is 0 Å². The van der Waals surface area contributed by atoms with Gasteiger partial charge >= 0.3 is 5.97 Å². The zero-order valence-corrected chi connectivity index (χ0v) is 7.99. The zero-order chi connectivity index (χ0) is 10.6. The van der Waals surface area contributed by atoms with E-state index in [-0.39, 0.29) is 17.0 Å². The van der Waals surface area contributed by atoms with E-state index in [0.29, 0.717) is 6.61 Å². The number of nitrogens with two attached hydrogens (primary N) is 1. The minimum Gasteiger partial charge on any atom is -0.506 e. The van der Waals surface area contributed by atoms with Crippen LogP contribution < -0.4 is 5.73 Å². The van der Waals surface area contributed by atoms with E-state index in [1.54, 1.807) is 6.07 Å². The fraction of sp³-hybridized carbons (Fsp3) is 0.300. The van der Waals surface area contributed by atoms with Gasteiger partial charge in [-0.25, -0.2) is 4.79 Å². The Labute approximate surface area is 82.3 Å². The number of aromatic hydroxyl groups is 1. The highest BCUT2D eigenvalue weighted by atomic mass is 16.5. The summed E-state index contributed by atoms with van der Waals surface area (Å²) in [5.74, 6) is -0.601. The molecular formula is C10H13NO3. The van der Waals surface area contributed by atoms with Gasteiger partial charge in [0.15, 0.2) is 0 Å². The van der Waals surface area contributed by atoms with Gasteiger partial charge in [0.1, 0.15) is 5.75 Å². The van der Waals surface area contributed by atoms with Gasteiger partial charge in [0.25, 0.3) is 0 Å². The predicted octanol–water partition coefficient (Wildman–Crippen LogP) is 1.54. The van der Waals surface area contributed by atoms with Gasteiger partial charge in [0, 0.05) is 0 Å². The SMILES string of the molecule is CCCOC(=O)c1cccc(O)c1N. The van der Waals surface area contributed by atoms with E-state index >= 15 is 0 Å². The van der Waals surface area contributed by atoms with Crippen molar-refractivity contribution in [2.24, 2.45) is 0 Å². The smallest absolute Gasteiger partial charge is 0.340 e. The average molecular weight is 195 g/mol. The largest absolute Gasteiger partial charge is 0.506 e. The van der Waals surface area contributed by atoms with Crippen molar-refractivity contribution >= 4 is 11.7 Å². The van der Waals surface area contributed by atoms with Crippen LogP contribution in [0.5, 0.6) is 5.75 Å². The maximum absolute atomic E-state index is 11.4. The molecule has 0 aliphatic rings. The molecule has 0 aliphatic carbocycles. The quantitative estimate of drug-likeness (QED) is 0.436. The maximum Gasteiger partial charge on any atom is 0.340 e. The van der Waals surface area contributed by atoms with E-state index in [9.17, 15) is 9.90 Å². The Bertz CT molecular complexity index is 336. The number of ether oxygens (including phenoxy) is 1. The van der Waals surface area contributed by atoms with E-state index in [1.165, 1.54) is 12.1 Å². The van der Waals surface area contributed by atoms with Crippen LogP contribution in [0.2, 0.25) is 0 Å². The Balaban J connectivity index is 2.84. The fourth-order valence-corrected chi connectivity index (χ4v) is 1.00. The summed E-state index contributed by atoms with van der Waals surface area (Å²) in [6.07, 6.45) is 0.754. The Kier molecular flexibility index (Phi) is 3.34. The number of carbonyl (C=O) groups is 1. The molecule has 0 heterocycles. The van der Waals surface area contributed by atoms with Crippen LogP contribution >= 0.6 is 0 Å². The molecule has 3 N–H and O–H groups in total. The Morgan fingerprint density at radius 2 is 2.29 bits per heavy atom. The molecule has 0 radical (unpaired) electrons. The third kappa shape index (κ3) is 2.16. The molecule has 0 unspecified atom stereocenters. The second-order valence-electron chi connectivity index (χ2n) is 2.87. The van der Waals surface area contributed by atoms with Gasteiger partial charge in [-0.2, -0.15) is 0 Å². The molecule has 14 heavy (non-hydrogen) atoms. The molecule has 0 saturated carbocycles. The first-order valence-electron chi connectivity index (χ1n) is 4.41. The van der Waals surface area contributed by atoms with Crippen molar-refractivity contribution < 1.29 is 14.6 Å². The summed E-state index contributed by atoms with van der Waals surface area (Å²) >= 11 is 0. The average Bonchev–Trinajstić information content (AvgIpc) is 2.18. The van der Waals surface area contributed by atoms with Crippen molar-refractivity contribution in [3.8, 4) is 5.75 Å². The molecule has 0 bridgehead atoms. The first kappa shape index (κ1) is 10.4. The first-order valence-corrected chi connectivity index (χ1v) is 4.41. The number of hydrogen-bond donors (Lipinski definition) is 2. The number of phenolic OH excluding ortho intramolecular Hbond substituents is 1. The van der Waals surface area contributed by atoms with Gasteiger partial charge in [-0.3, -0.25) is 0 Å². The molecular weight excluding hydrogens is 182 g/mol. The van der Waals surface area contributed by atoms with Crippen LogP contribution in [0.15, 0.2) is 18.2 Å². The second kappa shape index (κ2) is 4.50. The van der Waals surface area contributed by atoms with E-state index in [0.717, 1.165) is 6.42 Å². The molecule has 0 fully saturated rings. The van der Waals surface area contributed by atoms with Gasteiger partial charge in [0.05, 0.1) is 17.9 Å². The number of rotatable bonds is 3.